The minimum Gasteiger partial charge on any atom is -0.489 e. The monoisotopic (exact) mass is 310 g/mol. The predicted molar refractivity (Wildman–Crippen MR) is 60.1 cm³/mol. The lowest BCUT2D eigenvalue weighted by Crippen LogP contribution is -2.19. The summed E-state index contributed by atoms with van der Waals surface area (Å²) in [5, 5.41) is 10.7. The van der Waals surface area contributed by atoms with Crippen molar-refractivity contribution in [3.63, 3.8) is 0 Å². The van der Waals surface area contributed by atoms with E-state index in [9.17, 15) is 28.1 Å². The third-order valence-corrected chi connectivity index (χ3v) is 2.01. The highest BCUT2D eigenvalue weighted by Crippen LogP contribution is 2.37. The van der Waals surface area contributed by atoms with Gasteiger partial charge in [0.05, 0.1) is 19.8 Å². The van der Waals surface area contributed by atoms with E-state index in [2.05, 4.69) is 19.2 Å². The summed E-state index contributed by atoms with van der Waals surface area (Å²) >= 11 is 0. The number of carbonyl (C=O) groups excluding carboxylic acids is 1. The second-order valence-electron chi connectivity index (χ2n) is 3.39. The van der Waals surface area contributed by atoms with Crippen LogP contribution in [0.25, 0.3) is 0 Å². The number of hydrogen-bond acceptors (Lipinski definition) is 7. The van der Waals surface area contributed by atoms with E-state index >= 15 is 0 Å². The Hall–Kier alpha value is -2.59. The highest BCUT2D eigenvalue weighted by molar-refractivity contribution is 5.91. The molecule has 1 rings (SSSR count). The van der Waals surface area contributed by atoms with Gasteiger partial charge in [-0.2, -0.15) is 0 Å². The van der Waals surface area contributed by atoms with Crippen LogP contribution in [-0.4, -0.2) is 36.0 Å². The number of esters is 1. The van der Waals surface area contributed by atoms with E-state index in [1.807, 2.05) is 0 Å². The van der Waals surface area contributed by atoms with Gasteiger partial charge in [0.1, 0.15) is 0 Å². The lowest BCUT2D eigenvalue weighted by molar-refractivity contribution is -0.389. The van der Waals surface area contributed by atoms with Gasteiger partial charge in [-0.1, -0.05) is 0 Å². The molecular formula is C10H9F3N2O6. The van der Waals surface area contributed by atoms with Gasteiger partial charge in [0.2, 0.25) is 5.75 Å². The molecule has 0 atom stereocenters. The van der Waals surface area contributed by atoms with Crippen LogP contribution in [0.15, 0.2) is 6.07 Å². The first-order valence-electron chi connectivity index (χ1n) is 5.35. The minimum atomic E-state index is -5.13. The molecule has 0 aromatic carbocycles. The van der Waals surface area contributed by atoms with Crippen LogP contribution in [0.2, 0.25) is 0 Å². The molecule has 0 aliphatic heterocycles. The number of halogens is 3. The molecule has 0 unspecified atom stereocenters. The van der Waals surface area contributed by atoms with Crippen LogP contribution >= 0.6 is 0 Å². The van der Waals surface area contributed by atoms with Gasteiger partial charge in [-0.15, -0.1) is 13.2 Å². The van der Waals surface area contributed by atoms with Gasteiger partial charge in [-0.25, -0.2) is 4.79 Å². The Morgan fingerprint density at radius 1 is 1.48 bits per heavy atom. The summed E-state index contributed by atoms with van der Waals surface area (Å²) in [6.45, 7) is 1.33. The normalized spacial score (nSPS) is 10.9. The maximum atomic E-state index is 12.3. The van der Waals surface area contributed by atoms with E-state index in [1.165, 1.54) is 6.92 Å². The number of pyridine rings is 1. The summed E-state index contributed by atoms with van der Waals surface area (Å²) in [5.41, 5.74) is -0.784. The SMILES string of the molecule is CCOC(=O)c1nc([N+](=O)[O-])cc(OC(F)(F)F)c1OC. The Morgan fingerprint density at radius 2 is 2.10 bits per heavy atom. The van der Waals surface area contributed by atoms with Gasteiger partial charge in [-0.05, 0) is 16.8 Å². The van der Waals surface area contributed by atoms with Crippen molar-refractivity contribution in [1.82, 2.24) is 4.98 Å². The molecule has 0 saturated carbocycles. The average Bonchev–Trinajstić information content (AvgIpc) is 2.36. The maximum Gasteiger partial charge on any atom is 0.573 e. The van der Waals surface area contributed by atoms with Gasteiger partial charge < -0.3 is 24.3 Å². The van der Waals surface area contributed by atoms with Crippen molar-refractivity contribution >= 4 is 11.8 Å². The predicted octanol–water partition coefficient (Wildman–Crippen LogP) is 2.07. The average molecular weight is 310 g/mol. The highest BCUT2D eigenvalue weighted by Gasteiger charge is 2.37. The lowest BCUT2D eigenvalue weighted by Gasteiger charge is -2.12. The van der Waals surface area contributed by atoms with Crippen LogP contribution in [0.5, 0.6) is 11.5 Å². The quantitative estimate of drug-likeness (QED) is 0.466. The van der Waals surface area contributed by atoms with Crippen LogP contribution < -0.4 is 9.47 Å². The fourth-order valence-electron chi connectivity index (χ4n) is 1.33. The molecule has 0 amide bonds. The Morgan fingerprint density at radius 3 is 2.52 bits per heavy atom. The fraction of sp³-hybridized carbons (Fsp3) is 0.400. The van der Waals surface area contributed by atoms with Crippen LogP contribution in [0.1, 0.15) is 17.4 Å². The molecule has 116 valence electrons. The smallest absolute Gasteiger partial charge is 0.489 e. The molecule has 0 aliphatic rings. The van der Waals surface area contributed by atoms with Crippen LogP contribution in [-0.2, 0) is 4.74 Å². The first kappa shape index (κ1) is 16.5. The van der Waals surface area contributed by atoms with Crippen LogP contribution in [0.4, 0.5) is 19.0 Å². The first-order valence-corrected chi connectivity index (χ1v) is 5.35. The van der Waals surface area contributed by atoms with E-state index in [1.54, 1.807) is 0 Å². The number of carbonyl (C=O) groups is 1. The van der Waals surface area contributed by atoms with Crippen molar-refractivity contribution in [2.45, 2.75) is 13.3 Å². The van der Waals surface area contributed by atoms with E-state index in [0.29, 0.717) is 6.07 Å². The van der Waals surface area contributed by atoms with Gasteiger partial charge >= 0.3 is 23.8 Å². The van der Waals surface area contributed by atoms with Crippen molar-refractivity contribution in [2.75, 3.05) is 13.7 Å². The zero-order valence-corrected chi connectivity index (χ0v) is 10.8. The standard InChI is InChI=1S/C10H9F3N2O6/c1-3-20-9(16)7-8(19-2)5(21-10(11,12)13)4-6(14-7)15(17)18/h4H,3H2,1-2H3. The van der Waals surface area contributed by atoms with Crippen molar-refractivity contribution in [3.8, 4) is 11.5 Å². The number of nitrogens with zero attached hydrogens (tertiary/aromatic N) is 2. The minimum absolute atomic E-state index is 0.109. The fourth-order valence-corrected chi connectivity index (χ4v) is 1.33. The van der Waals surface area contributed by atoms with Gasteiger partial charge in [-0.3, -0.25) is 0 Å². The van der Waals surface area contributed by atoms with Crippen molar-refractivity contribution in [1.29, 1.82) is 0 Å². The Kier molecular flexibility index (Phi) is 4.89. The Bertz CT molecular complexity index is 560. The molecular weight excluding hydrogens is 301 g/mol. The largest absolute Gasteiger partial charge is 0.573 e. The molecule has 0 radical (unpaired) electrons. The summed E-state index contributed by atoms with van der Waals surface area (Å²) in [7, 11) is 0.953. The zero-order chi connectivity index (χ0) is 16.2. The van der Waals surface area contributed by atoms with E-state index in [0.717, 1.165) is 7.11 Å². The summed E-state index contributed by atoms with van der Waals surface area (Å²) < 4.78 is 49.6. The lowest BCUT2D eigenvalue weighted by atomic mass is 10.3. The Balaban J connectivity index is 3.46. The van der Waals surface area contributed by atoms with Gasteiger partial charge in [0.15, 0.2) is 5.75 Å². The molecule has 21 heavy (non-hydrogen) atoms. The summed E-state index contributed by atoms with van der Waals surface area (Å²) in [6.07, 6.45) is -5.13. The maximum absolute atomic E-state index is 12.3. The third kappa shape index (κ3) is 4.19. The Labute approximate surface area is 115 Å². The molecule has 0 N–H and O–H groups in total. The number of alkyl halides is 3. The van der Waals surface area contributed by atoms with E-state index < -0.39 is 40.3 Å². The number of methoxy groups -OCH3 is 1. The second-order valence-corrected chi connectivity index (χ2v) is 3.39. The molecule has 0 fully saturated rings. The number of aromatic nitrogens is 1. The van der Waals surface area contributed by atoms with Crippen LogP contribution in [0, 0.1) is 10.1 Å². The third-order valence-electron chi connectivity index (χ3n) is 2.01. The molecule has 0 bridgehead atoms. The number of hydrogen-bond donors (Lipinski definition) is 0. The molecule has 0 saturated heterocycles. The van der Waals surface area contributed by atoms with E-state index in [-0.39, 0.29) is 6.61 Å². The molecule has 1 aromatic rings. The molecule has 0 aliphatic carbocycles. The second kappa shape index (κ2) is 6.24. The number of ether oxygens (including phenoxy) is 3. The van der Waals surface area contributed by atoms with Crippen molar-refractivity contribution in [2.24, 2.45) is 0 Å². The van der Waals surface area contributed by atoms with Crippen molar-refractivity contribution < 1.29 is 37.1 Å². The topological polar surface area (TPSA) is 101 Å². The molecule has 11 heteroatoms. The molecule has 1 aromatic heterocycles. The summed E-state index contributed by atoms with van der Waals surface area (Å²) in [6, 6.07) is 0.398. The van der Waals surface area contributed by atoms with E-state index in [4.69, 9.17) is 0 Å². The molecule has 8 nitrogen and oxygen atoms in total. The molecule has 0 spiro atoms. The molecule has 1 heterocycles. The summed E-state index contributed by atoms with van der Waals surface area (Å²) in [5.74, 6) is -3.96. The number of rotatable bonds is 5. The van der Waals surface area contributed by atoms with Gasteiger partial charge in [0, 0.05) is 0 Å². The number of nitro groups is 1. The van der Waals surface area contributed by atoms with Crippen molar-refractivity contribution in [3.05, 3.63) is 21.9 Å². The van der Waals surface area contributed by atoms with Gasteiger partial charge in [0.25, 0.3) is 0 Å². The van der Waals surface area contributed by atoms with Crippen LogP contribution in [0.3, 0.4) is 0 Å². The highest BCUT2D eigenvalue weighted by atomic mass is 19.4. The zero-order valence-electron chi connectivity index (χ0n) is 10.8. The first-order chi connectivity index (χ1) is 9.69. The summed E-state index contributed by atoms with van der Waals surface area (Å²) in [4.78, 5) is 24.5.